The summed E-state index contributed by atoms with van der Waals surface area (Å²) in [6.45, 7) is 4.98. The van der Waals surface area contributed by atoms with Gasteiger partial charge in [0.2, 0.25) is 0 Å². The Labute approximate surface area is 72.9 Å². The fraction of sp³-hybridized carbons (Fsp3) is 0.100. The average Bonchev–Trinajstić information content (AvgIpc) is 2.07. The van der Waals surface area contributed by atoms with Crippen LogP contribution in [-0.4, -0.2) is 0 Å². The largest absolute Gasteiger partial charge is 0.399 e. The molecule has 0 bridgehead atoms. The van der Waals surface area contributed by atoms with Gasteiger partial charge in [-0.15, -0.1) is 0 Å². The molecule has 0 spiro atoms. The molecule has 0 saturated carbocycles. The van der Waals surface area contributed by atoms with E-state index in [0.29, 0.717) is 5.57 Å². The predicted octanol–water partition coefficient (Wildman–Crippen LogP) is 2.35. The molecule has 0 amide bonds. The zero-order valence-electron chi connectivity index (χ0n) is 7.12. The van der Waals surface area contributed by atoms with Gasteiger partial charge in [0.05, 0.1) is 6.07 Å². The quantitative estimate of drug-likeness (QED) is 0.468. The maximum Gasteiger partial charge on any atom is 0.0937 e. The highest BCUT2D eigenvalue weighted by Gasteiger charge is 1.72. The number of rotatable bonds is 0. The highest BCUT2D eigenvalue weighted by Crippen LogP contribution is 1.95. The van der Waals surface area contributed by atoms with E-state index in [1.165, 1.54) is 0 Å². The predicted molar refractivity (Wildman–Crippen MR) is 51.3 cm³/mol. The van der Waals surface area contributed by atoms with Crippen molar-refractivity contribution < 1.29 is 0 Å². The minimum atomic E-state index is 0.560. The highest BCUT2D eigenvalue weighted by molar-refractivity contribution is 5.35. The first-order valence-electron chi connectivity index (χ1n) is 3.53. The van der Waals surface area contributed by atoms with Crippen LogP contribution in [0.3, 0.4) is 0 Å². The maximum absolute atomic E-state index is 7.79. The van der Waals surface area contributed by atoms with Crippen LogP contribution < -0.4 is 5.73 Å². The van der Waals surface area contributed by atoms with Crippen molar-refractivity contribution in [3.8, 4) is 6.07 Å². The van der Waals surface area contributed by atoms with Crippen LogP contribution in [0.15, 0.2) is 42.5 Å². The molecule has 0 saturated heterocycles. The summed E-state index contributed by atoms with van der Waals surface area (Å²) in [5, 5.41) is 7.79. The maximum atomic E-state index is 7.79. The lowest BCUT2D eigenvalue weighted by Crippen LogP contribution is -1.79. The lowest BCUT2D eigenvalue weighted by molar-refractivity contribution is 1.46. The smallest absolute Gasteiger partial charge is 0.0937 e. The molecule has 0 atom stereocenters. The Hall–Kier alpha value is -1.75. The van der Waals surface area contributed by atoms with Crippen molar-refractivity contribution in [2.24, 2.45) is 0 Å². The first-order chi connectivity index (χ1) is 5.66. The van der Waals surface area contributed by atoms with Crippen LogP contribution >= 0.6 is 0 Å². The SMILES string of the molecule is C=C(C)C#N.Nc1ccccc1. The lowest BCUT2D eigenvalue weighted by atomic mass is 10.3. The van der Waals surface area contributed by atoms with Crippen LogP contribution in [0.5, 0.6) is 0 Å². The number of para-hydroxylation sites is 1. The summed E-state index contributed by atoms with van der Waals surface area (Å²) >= 11 is 0. The molecule has 0 aliphatic carbocycles. The van der Waals surface area contributed by atoms with Crippen LogP contribution in [0.4, 0.5) is 5.69 Å². The lowest BCUT2D eigenvalue weighted by Gasteiger charge is -1.83. The van der Waals surface area contributed by atoms with E-state index in [4.69, 9.17) is 11.0 Å². The normalized spacial score (nSPS) is 7.33. The van der Waals surface area contributed by atoms with Crippen molar-refractivity contribution in [3.05, 3.63) is 42.5 Å². The average molecular weight is 160 g/mol. The minimum Gasteiger partial charge on any atom is -0.399 e. The van der Waals surface area contributed by atoms with E-state index < -0.39 is 0 Å². The number of anilines is 1. The summed E-state index contributed by atoms with van der Waals surface area (Å²) < 4.78 is 0. The van der Waals surface area contributed by atoms with E-state index in [1.54, 1.807) is 6.92 Å². The Balaban J connectivity index is 0.000000217. The van der Waals surface area contributed by atoms with Gasteiger partial charge in [0.15, 0.2) is 0 Å². The van der Waals surface area contributed by atoms with Crippen LogP contribution in [-0.2, 0) is 0 Å². The highest BCUT2D eigenvalue weighted by atomic mass is 14.5. The van der Waals surface area contributed by atoms with Gasteiger partial charge in [-0.25, -0.2) is 0 Å². The fourth-order valence-corrected chi connectivity index (χ4v) is 0.453. The van der Waals surface area contributed by atoms with Crippen molar-refractivity contribution in [2.75, 3.05) is 5.73 Å². The van der Waals surface area contributed by atoms with E-state index in [1.807, 2.05) is 36.4 Å². The fourth-order valence-electron chi connectivity index (χ4n) is 0.453. The molecular weight excluding hydrogens is 148 g/mol. The molecule has 0 aromatic heterocycles. The molecule has 1 aromatic rings. The van der Waals surface area contributed by atoms with Crippen LogP contribution in [0.1, 0.15) is 6.92 Å². The van der Waals surface area contributed by atoms with Crippen LogP contribution in [0, 0.1) is 11.3 Å². The summed E-state index contributed by atoms with van der Waals surface area (Å²) in [6, 6.07) is 11.3. The summed E-state index contributed by atoms with van der Waals surface area (Å²) in [7, 11) is 0. The second kappa shape index (κ2) is 5.99. The second-order valence-corrected chi connectivity index (χ2v) is 2.30. The van der Waals surface area contributed by atoms with Gasteiger partial charge in [-0.2, -0.15) is 5.26 Å². The number of nitriles is 1. The zero-order valence-corrected chi connectivity index (χ0v) is 7.12. The molecule has 2 N–H and O–H groups in total. The molecule has 1 rings (SSSR count). The van der Waals surface area contributed by atoms with E-state index in [2.05, 4.69) is 6.58 Å². The van der Waals surface area contributed by atoms with Gasteiger partial charge in [0.25, 0.3) is 0 Å². The standard InChI is InChI=1S/C6H7N.C4H5N/c7-6-4-2-1-3-5-6;1-4(2)3-5/h1-5H,7H2;1H2,2H3. The molecule has 0 unspecified atom stereocenters. The third-order valence-corrected chi connectivity index (χ3v) is 0.990. The minimum absolute atomic E-state index is 0.560. The first kappa shape index (κ1) is 10.2. The Kier molecular flexibility index (Phi) is 5.12. The molecule has 2 nitrogen and oxygen atoms in total. The third-order valence-electron chi connectivity index (χ3n) is 0.990. The van der Waals surface area contributed by atoms with Gasteiger partial charge in [-0.1, -0.05) is 24.8 Å². The van der Waals surface area contributed by atoms with E-state index >= 15 is 0 Å². The molecule has 0 aliphatic rings. The number of allylic oxidation sites excluding steroid dienone is 1. The van der Waals surface area contributed by atoms with Crippen molar-refractivity contribution in [1.82, 2.24) is 0 Å². The van der Waals surface area contributed by atoms with Gasteiger partial charge in [-0.05, 0) is 19.1 Å². The van der Waals surface area contributed by atoms with E-state index in [-0.39, 0.29) is 0 Å². The summed E-state index contributed by atoms with van der Waals surface area (Å²) in [5.74, 6) is 0. The number of nitrogen functional groups attached to an aromatic ring is 1. The van der Waals surface area contributed by atoms with Gasteiger partial charge in [-0.3, -0.25) is 0 Å². The molecule has 0 aliphatic heterocycles. The third kappa shape index (κ3) is 6.37. The van der Waals surface area contributed by atoms with E-state index in [0.717, 1.165) is 5.69 Å². The van der Waals surface area contributed by atoms with Gasteiger partial charge in [0.1, 0.15) is 0 Å². The Bertz CT molecular complexity index is 270. The Morgan fingerprint density at radius 3 is 2.00 bits per heavy atom. The summed E-state index contributed by atoms with van der Waals surface area (Å²) in [4.78, 5) is 0. The Morgan fingerprint density at radius 1 is 1.42 bits per heavy atom. The number of hydrogen-bond acceptors (Lipinski definition) is 2. The van der Waals surface area contributed by atoms with Gasteiger partial charge < -0.3 is 5.73 Å². The molecule has 1 aromatic carbocycles. The van der Waals surface area contributed by atoms with Crippen molar-refractivity contribution in [2.45, 2.75) is 6.92 Å². The Morgan fingerprint density at radius 2 is 1.83 bits per heavy atom. The van der Waals surface area contributed by atoms with E-state index in [9.17, 15) is 0 Å². The van der Waals surface area contributed by atoms with Gasteiger partial charge in [0, 0.05) is 11.3 Å². The monoisotopic (exact) mass is 160 g/mol. The number of nitrogens with zero attached hydrogens (tertiary/aromatic N) is 1. The number of benzene rings is 1. The molecule has 0 fully saturated rings. The molecular formula is C10H12N2. The number of nitrogens with two attached hydrogens (primary N) is 1. The second-order valence-electron chi connectivity index (χ2n) is 2.30. The summed E-state index contributed by atoms with van der Waals surface area (Å²) in [6.07, 6.45) is 0. The molecule has 62 valence electrons. The molecule has 0 heterocycles. The van der Waals surface area contributed by atoms with Gasteiger partial charge >= 0.3 is 0 Å². The first-order valence-corrected chi connectivity index (χ1v) is 3.53. The van der Waals surface area contributed by atoms with Crippen LogP contribution in [0.25, 0.3) is 0 Å². The summed E-state index contributed by atoms with van der Waals surface area (Å²) in [5.41, 5.74) is 6.74. The van der Waals surface area contributed by atoms with Crippen molar-refractivity contribution in [3.63, 3.8) is 0 Å². The van der Waals surface area contributed by atoms with Crippen LogP contribution in [0.2, 0.25) is 0 Å². The molecule has 0 radical (unpaired) electrons. The van der Waals surface area contributed by atoms with Crippen molar-refractivity contribution >= 4 is 5.69 Å². The topological polar surface area (TPSA) is 49.8 Å². The number of hydrogen-bond donors (Lipinski definition) is 1. The van der Waals surface area contributed by atoms with Crippen molar-refractivity contribution in [1.29, 1.82) is 5.26 Å². The molecule has 2 heteroatoms. The zero-order chi connectivity index (χ0) is 9.40. The molecule has 12 heavy (non-hydrogen) atoms.